The fraction of sp³-hybridized carbons (Fsp3) is 1.00. The summed E-state index contributed by atoms with van der Waals surface area (Å²) in [4.78, 5) is 5.30. The molecule has 0 radical (unpaired) electrons. The minimum atomic E-state index is 0.324. The first-order chi connectivity index (χ1) is 8.72. The molecular weight excluding hydrogens is 222 g/mol. The number of nitrogens with zero attached hydrogens (tertiary/aromatic N) is 2. The molecule has 0 aromatic heterocycles. The van der Waals surface area contributed by atoms with Gasteiger partial charge in [0.1, 0.15) is 0 Å². The third-order valence-corrected chi connectivity index (χ3v) is 5.15. The van der Waals surface area contributed by atoms with Crippen molar-refractivity contribution in [3.8, 4) is 0 Å². The lowest BCUT2D eigenvalue weighted by molar-refractivity contribution is 0.0187. The van der Waals surface area contributed by atoms with E-state index in [9.17, 15) is 0 Å². The summed E-state index contributed by atoms with van der Waals surface area (Å²) in [5.74, 6) is 0. The molecule has 0 aromatic carbocycles. The number of likely N-dealkylation sites (N-methyl/N-ethyl adjacent to an activating group) is 1. The van der Waals surface area contributed by atoms with Crippen LogP contribution in [0, 0.1) is 0 Å². The summed E-state index contributed by atoms with van der Waals surface area (Å²) in [7, 11) is 2.27. The van der Waals surface area contributed by atoms with E-state index in [0.29, 0.717) is 11.6 Å². The molecule has 0 spiro atoms. The van der Waals surface area contributed by atoms with Crippen LogP contribution in [0.1, 0.15) is 51.9 Å². The van der Waals surface area contributed by atoms with E-state index in [1.165, 1.54) is 64.6 Å². The molecule has 0 amide bonds. The zero-order chi connectivity index (χ0) is 13.0. The molecule has 0 bridgehead atoms. The van der Waals surface area contributed by atoms with Gasteiger partial charge in [0.2, 0.25) is 0 Å². The minimum Gasteiger partial charge on any atom is -0.329 e. The Bertz CT molecular complexity index is 248. The third kappa shape index (κ3) is 2.89. The third-order valence-electron chi connectivity index (χ3n) is 5.15. The first-order valence-electron chi connectivity index (χ1n) is 7.87. The molecular formula is C15H31N3. The number of rotatable bonds is 3. The van der Waals surface area contributed by atoms with E-state index in [0.717, 1.165) is 6.54 Å². The van der Waals surface area contributed by atoms with Crippen LogP contribution in [0.4, 0.5) is 0 Å². The molecule has 18 heavy (non-hydrogen) atoms. The quantitative estimate of drug-likeness (QED) is 0.836. The largest absolute Gasteiger partial charge is 0.329 e. The van der Waals surface area contributed by atoms with E-state index in [4.69, 9.17) is 5.73 Å². The highest BCUT2D eigenvalue weighted by molar-refractivity contribution is 4.98. The van der Waals surface area contributed by atoms with Gasteiger partial charge in [-0.05, 0) is 39.3 Å². The van der Waals surface area contributed by atoms with Gasteiger partial charge in [0.25, 0.3) is 0 Å². The zero-order valence-corrected chi connectivity index (χ0v) is 12.3. The van der Waals surface area contributed by atoms with Gasteiger partial charge < -0.3 is 10.6 Å². The molecule has 2 rings (SSSR count). The smallest absolute Gasteiger partial charge is 0.0335 e. The molecule has 1 aliphatic carbocycles. The van der Waals surface area contributed by atoms with Crippen molar-refractivity contribution >= 4 is 0 Å². The Morgan fingerprint density at radius 2 is 1.83 bits per heavy atom. The summed E-state index contributed by atoms with van der Waals surface area (Å²) < 4.78 is 0. The Morgan fingerprint density at radius 1 is 1.11 bits per heavy atom. The summed E-state index contributed by atoms with van der Waals surface area (Å²) in [5.41, 5.74) is 6.54. The van der Waals surface area contributed by atoms with Gasteiger partial charge in [-0.1, -0.05) is 26.2 Å². The second-order valence-corrected chi connectivity index (χ2v) is 6.36. The second kappa shape index (κ2) is 6.36. The summed E-state index contributed by atoms with van der Waals surface area (Å²) in [6, 6.07) is 0.708. The minimum absolute atomic E-state index is 0.324. The first-order valence-corrected chi connectivity index (χ1v) is 7.87. The molecule has 1 unspecified atom stereocenters. The van der Waals surface area contributed by atoms with Crippen LogP contribution in [0.3, 0.4) is 0 Å². The van der Waals surface area contributed by atoms with E-state index in [-0.39, 0.29) is 0 Å². The maximum absolute atomic E-state index is 6.22. The zero-order valence-electron chi connectivity index (χ0n) is 12.3. The van der Waals surface area contributed by atoms with Crippen LogP contribution in [-0.2, 0) is 0 Å². The van der Waals surface area contributed by atoms with Gasteiger partial charge in [0, 0.05) is 31.2 Å². The van der Waals surface area contributed by atoms with Gasteiger partial charge in [-0.2, -0.15) is 0 Å². The predicted molar refractivity (Wildman–Crippen MR) is 77.8 cm³/mol. The Hall–Kier alpha value is -0.120. The van der Waals surface area contributed by atoms with Gasteiger partial charge >= 0.3 is 0 Å². The second-order valence-electron chi connectivity index (χ2n) is 6.36. The summed E-state index contributed by atoms with van der Waals surface area (Å²) >= 11 is 0. The van der Waals surface area contributed by atoms with Gasteiger partial charge in [0.15, 0.2) is 0 Å². The Morgan fingerprint density at radius 3 is 2.44 bits per heavy atom. The number of nitrogens with two attached hydrogens (primary N) is 1. The van der Waals surface area contributed by atoms with Crippen molar-refractivity contribution in [2.75, 3.05) is 33.2 Å². The van der Waals surface area contributed by atoms with Crippen molar-refractivity contribution in [2.45, 2.75) is 63.5 Å². The molecule has 106 valence electrons. The highest BCUT2D eigenvalue weighted by Gasteiger charge is 2.40. The van der Waals surface area contributed by atoms with E-state index in [2.05, 4.69) is 23.8 Å². The van der Waals surface area contributed by atoms with Gasteiger partial charge in [-0.3, -0.25) is 4.90 Å². The molecule has 0 aromatic rings. The highest BCUT2D eigenvalue weighted by atomic mass is 15.3. The summed E-state index contributed by atoms with van der Waals surface area (Å²) in [6.07, 6.45) is 9.36. The van der Waals surface area contributed by atoms with E-state index < -0.39 is 0 Å². The lowest BCUT2D eigenvalue weighted by Gasteiger charge is -2.49. The van der Waals surface area contributed by atoms with Gasteiger partial charge in [-0.15, -0.1) is 0 Å². The Kier molecular flexibility index (Phi) is 5.05. The van der Waals surface area contributed by atoms with E-state index in [1.54, 1.807) is 0 Å². The topological polar surface area (TPSA) is 32.5 Å². The van der Waals surface area contributed by atoms with Crippen molar-refractivity contribution in [1.82, 2.24) is 9.80 Å². The SMILES string of the molecule is CCC1CN(C)CCCN1C1(CN)CCCCC1. The first kappa shape index (κ1) is 14.3. The maximum Gasteiger partial charge on any atom is 0.0335 e. The standard InChI is InChI=1S/C15H31N3/c1-3-14-12-17(2)10-7-11-18(14)15(13-16)8-5-4-6-9-15/h14H,3-13,16H2,1-2H3. The van der Waals surface area contributed by atoms with Crippen molar-refractivity contribution in [3.05, 3.63) is 0 Å². The molecule has 1 aliphatic heterocycles. The number of hydrogen-bond acceptors (Lipinski definition) is 3. The van der Waals surface area contributed by atoms with E-state index in [1.807, 2.05) is 0 Å². The average Bonchev–Trinajstić information content (AvgIpc) is 2.61. The fourth-order valence-corrected chi connectivity index (χ4v) is 4.04. The number of hydrogen-bond donors (Lipinski definition) is 1. The van der Waals surface area contributed by atoms with Crippen LogP contribution in [0.15, 0.2) is 0 Å². The lowest BCUT2D eigenvalue weighted by Crippen LogP contribution is -2.59. The van der Waals surface area contributed by atoms with Crippen LogP contribution >= 0.6 is 0 Å². The van der Waals surface area contributed by atoms with E-state index >= 15 is 0 Å². The molecule has 3 nitrogen and oxygen atoms in total. The van der Waals surface area contributed by atoms with Gasteiger partial charge in [-0.25, -0.2) is 0 Å². The van der Waals surface area contributed by atoms with Crippen molar-refractivity contribution in [2.24, 2.45) is 5.73 Å². The van der Waals surface area contributed by atoms with Crippen molar-refractivity contribution in [1.29, 1.82) is 0 Å². The average molecular weight is 253 g/mol. The van der Waals surface area contributed by atoms with Gasteiger partial charge in [0.05, 0.1) is 0 Å². The highest BCUT2D eigenvalue weighted by Crippen LogP contribution is 2.35. The molecule has 1 atom stereocenters. The predicted octanol–water partition coefficient (Wildman–Crippen LogP) is 2.06. The van der Waals surface area contributed by atoms with Crippen LogP contribution in [0.2, 0.25) is 0 Å². The molecule has 2 fully saturated rings. The monoisotopic (exact) mass is 253 g/mol. The summed E-state index contributed by atoms with van der Waals surface area (Å²) in [6.45, 7) is 6.91. The Balaban J connectivity index is 2.15. The van der Waals surface area contributed by atoms with Crippen LogP contribution in [-0.4, -0.2) is 54.6 Å². The maximum atomic E-state index is 6.22. The molecule has 1 saturated heterocycles. The Labute approximate surface area is 113 Å². The normalized spacial score (nSPS) is 31.2. The van der Waals surface area contributed by atoms with Crippen LogP contribution in [0.5, 0.6) is 0 Å². The van der Waals surface area contributed by atoms with Crippen molar-refractivity contribution < 1.29 is 0 Å². The van der Waals surface area contributed by atoms with Crippen LogP contribution in [0.25, 0.3) is 0 Å². The molecule has 3 heteroatoms. The molecule has 1 heterocycles. The molecule has 2 N–H and O–H groups in total. The molecule has 1 saturated carbocycles. The molecule has 2 aliphatic rings. The lowest BCUT2D eigenvalue weighted by atomic mass is 9.79. The van der Waals surface area contributed by atoms with Crippen LogP contribution < -0.4 is 5.73 Å². The van der Waals surface area contributed by atoms with Crippen molar-refractivity contribution in [3.63, 3.8) is 0 Å². The fourth-order valence-electron chi connectivity index (χ4n) is 4.04. The summed E-state index contributed by atoms with van der Waals surface area (Å²) in [5, 5.41) is 0.